The molecule has 1 N–H and O–H groups in total. The van der Waals surface area contributed by atoms with Gasteiger partial charge in [0.1, 0.15) is 5.75 Å². The second kappa shape index (κ2) is 7.32. The molecule has 2 aromatic carbocycles. The number of hydrogen-bond donors (Lipinski definition) is 1. The number of anilines is 1. The van der Waals surface area contributed by atoms with Crippen LogP contribution >= 0.6 is 0 Å². The van der Waals surface area contributed by atoms with E-state index in [-0.39, 0.29) is 11.3 Å². The van der Waals surface area contributed by atoms with Crippen LogP contribution in [0.2, 0.25) is 0 Å². The van der Waals surface area contributed by atoms with Gasteiger partial charge >= 0.3 is 0 Å². The van der Waals surface area contributed by atoms with Crippen molar-refractivity contribution < 1.29 is 9.53 Å². The monoisotopic (exact) mass is 311 g/mol. The normalized spacial score (nSPS) is 11.1. The first kappa shape index (κ1) is 17.1. The smallest absolute Gasteiger partial charge is 0.227 e. The molecule has 0 fully saturated rings. The molecule has 0 unspecified atom stereocenters. The van der Waals surface area contributed by atoms with Crippen LogP contribution in [-0.2, 0) is 10.2 Å². The lowest BCUT2D eigenvalue weighted by molar-refractivity contribution is -0.116. The van der Waals surface area contributed by atoms with Crippen LogP contribution in [0.15, 0.2) is 48.5 Å². The molecular formula is C20H25NO2. The van der Waals surface area contributed by atoms with Crippen molar-refractivity contribution in [3.05, 3.63) is 59.7 Å². The number of carbonyl (C=O) groups excluding carboxylic acids is 1. The fourth-order valence-electron chi connectivity index (χ4n) is 2.24. The van der Waals surface area contributed by atoms with Crippen molar-refractivity contribution >= 4 is 11.6 Å². The molecule has 0 radical (unpaired) electrons. The van der Waals surface area contributed by atoms with E-state index in [2.05, 4.69) is 38.2 Å². The Morgan fingerprint density at radius 2 is 1.78 bits per heavy atom. The molecule has 0 saturated carbocycles. The highest BCUT2D eigenvalue weighted by atomic mass is 16.5. The van der Waals surface area contributed by atoms with Crippen LogP contribution in [-0.4, -0.2) is 12.5 Å². The Morgan fingerprint density at radius 3 is 2.39 bits per heavy atom. The molecule has 0 aliphatic rings. The number of hydrogen-bond acceptors (Lipinski definition) is 2. The van der Waals surface area contributed by atoms with Crippen molar-refractivity contribution in [2.45, 2.75) is 39.5 Å². The molecule has 122 valence electrons. The molecule has 0 heterocycles. The Morgan fingerprint density at radius 1 is 1.09 bits per heavy atom. The van der Waals surface area contributed by atoms with Crippen molar-refractivity contribution in [1.29, 1.82) is 0 Å². The Hall–Kier alpha value is -2.29. The number of ether oxygens (including phenoxy) is 1. The third-order valence-electron chi connectivity index (χ3n) is 3.62. The van der Waals surface area contributed by atoms with Gasteiger partial charge in [-0.25, -0.2) is 0 Å². The zero-order chi connectivity index (χ0) is 16.9. The summed E-state index contributed by atoms with van der Waals surface area (Å²) in [5.74, 6) is 0.758. The summed E-state index contributed by atoms with van der Waals surface area (Å²) >= 11 is 0. The van der Waals surface area contributed by atoms with Gasteiger partial charge in [0, 0.05) is 5.69 Å². The van der Waals surface area contributed by atoms with E-state index in [1.165, 1.54) is 5.56 Å². The summed E-state index contributed by atoms with van der Waals surface area (Å²) in [4.78, 5) is 12.0. The maximum Gasteiger partial charge on any atom is 0.227 e. The predicted octanol–water partition coefficient (Wildman–Crippen LogP) is 4.70. The zero-order valence-electron chi connectivity index (χ0n) is 14.3. The first-order valence-corrected chi connectivity index (χ1v) is 7.94. The second-order valence-electron chi connectivity index (χ2n) is 6.79. The van der Waals surface area contributed by atoms with E-state index in [4.69, 9.17) is 4.74 Å². The number of nitrogens with one attached hydrogen (secondary N) is 1. The quantitative estimate of drug-likeness (QED) is 0.869. The Balaban J connectivity index is 1.80. The van der Waals surface area contributed by atoms with Crippen molar-refractivity contribution in [3.8, 4) is 5.75 Å². The van der Waals surface area contributed by atoms with E-state index in [9.17, 15) is 4.79 Å². The fourth-order valence-corrected chi connectivity index (χ4v) is 2.24. The number of amides is 1. The minimum atomic E-state index is -0.0406. The number of rotatable bonds is 5. The number of benzene rings is 2. The van der Waals surface area contributed by atoms with Gasteiger partial charge in [-0.3, -0.25) is 4.79 Å². The summed E-state index contributed by atoms with van der Waals surface area (Å²) in [7, 11) is 0. The molecule has 0 saturated heterocycles. The lowest BCUT2D eigenvalue weighted by Gasteiger charge is -2.19. The molecule has 2 aromatic rings. The van der Waals surface area contributed by atoms with Crippen molar-refractivity contribution in [1.82, 2.24) is 0 Å². The van der Waals surface area contributed by atoms with Crippen molar-refractivity contribution in [2.24, 2.45) is 0 Å². The number of carbonyl (C=O) groups is 1. The Bertz CT molecular complexity index is 654. The zero-order valence-corrected chi connectivity index (χ0v) is 14.3. The lowest BCUT2D eigenvalue weighted by Crippen LogP contribution is -2.16. The molecular weight excluding hydrogens is 286 g/mol. The molecule has 1 amide bonds. The SMILES string of the molecule is Cc1cccc(OCCC(=O)Nc2ccc(C(C)(C)C)cc2)c1. The molecule has 3 nitrogen and oxygen atoms in total. The van der Waals surface area contributed by atoms with E-state index in [1.807, 2.05) is 43.3 Å². The summed E-state index contributed by atoms with van der Waals surface area (Å²) in [6.07, 6.45) is 0.328. The highest BCUT2D eigenvalue weighted by Crippen LogP contribution is 2.23. The van der Waals surface area contributed by atoms with Gasteiger partial charge in [-0.1, -0.05) is 45.0 Å². The first-order chi connectivity index (χ1) is 10.8. The van der Waals surface area contributed by atoms with Crippen LogP contribution in [0, 0.1) is 6.92 Å². The minimum absolute atomic E-state index is 0.0406. The summed E-state index contributed by atoms with van der Waals surface area (Å²) in [6, 6.07) is 15.8. The van der Waals surface area contributed by atoms with Crippen LogP contribution in [0.1, 0.15) is 38.3 Å². The average Bonchev–Trinajstić information content (AvgIpc) is 2.47. The largest absolute Gasteiger partial charge is 0.493 e. The highest BCUT2D eigenvalue weighted by Gasteiger charge is 2.13. The van der Waals surface area contributed by atoms with Gasteiger partial charge < -0.3 is 10.1 Å². The van der Waals surface area contributed by atoms with Gasteiger partial charge in [0.25, 0.3) is 0 Å². The van der Waals surface area contributed by atoms with E-state index in [0.29, 0.717) is 13.0 Å². The van der Waals surface area contributed by atoms with Gasteiger partial charge in [0.2, 0.25) is 5.91 Å². The minimum Gasteiger partial charge on any atom is -0.493 e. The molecule has 0 spiro atoms. The van der Waals surface area contributed by atoms with E-state index in [1.54, 1.807) is 0 Å². The first-order valence-electron chi connectivity index (χ1n) is 7.94. The summed E-state index contributed by atoms with van der Waals surface area (Å²) in [5, 5.41) is 2.90. The second-order valence-corrected chi connectivity index (χ2v) is 6.79. The summed E-state index contributed by atoms with van der Waals surface area (Å²) < 4.78 is 5.60. The van der Waals surface area contributed by atoms with Gasteiger partial charge in [-0.15, -0.1) is 0 Å². The van der Waals surface area contributed by atoms with Gasteiger partial charge in [-0.2, -0.15) is 0 Å². The van der Waals surface area contributed by atoms with Crippen LogP contribution in [0.3, 0.4) is 0 Å². The maximum absolute atomic E-state index is 12.0. The molecule has 3 heteroatoms. The third-order valence-corrected chi connectivity index (χ3v) is 3.62. The van der Waals surface area contributed by atoms with Gasteiger partial charge in [0.15, 0.2) is 0 Å². The fraction of sp³-hybridized carbons (Fsp3) is 0.350. The van der Waals surface area contributed by atoms with E-state index < -0.39 is 0 Å². The molecule has 0 bridgehead atoms. The van der Waals surface area contributed by atoms with Gasteiger partial charge in [-0.05, 0) is 47.7 Å². The third kappa shape index (κ3) is 5.44. The van der Waals surface area contributed by atoms with Crippen LogP contribution in [0.25, 0.3) is 0 Å². The van der Waals surface area contributed by atoms with Crippen molar-refractivity contribution in [3.63, 3.8) is 0 Å². The Labute approximate surface area is 138 Å². The molecule has 0 aliphatic heterocycles. The molecule has 0 aliphatic carbocycles. The van der Waals surface area contributed by atoms with E-state index in [0.717, 1.165) is 17.0 Å². The van der Waals surface area contributed by atoms with Crippen LogP contribution < -0.4 is 10.1 Å². The van der Waals surface area contributed by atoms with Crippen LogP contribution in [0.5, 0.6) is 5.75 Å². The average molecular weight is 311 g/mol. The van der Waals surface area contributed by atoms with E-state index >= 15 is 0 Å². The predicted molar refractivity (Wildman–Crippen MR) is 95.1 cm³/mol. The van der Waals surface area contributed by atoms with Crippen LogP contribution in [0.4, 0.5) is 5.69 Å². The molecule has 0 aromatic heterocycles. The standard InChI is InChI=1S/C20H25NO2/c1-15-6-5-7-18(14-15)23-13-12-19(22)21-17-10-8-16(9-11-17)20(2,3)4/h5-11,14H,12-13H2,1-4H3,(H,21,22). The maximum atomic E-state index is 12.0. The molecule has 23 heavy (non-hydrogen) atoms. The summed E-state index contributed by atoms with van der Waals surface area (Å²) in [5.41, 5.74) is 3.33. The van der Waals surface area contributed by atoms with Gasteiger partial charge in [0.05, 0.1) is 13.0 Å². The highest BCUT2D eigenvalue weighted by molar-refractivity contribution is 5.90. The Kier molecular flexibility index (Phi) is 5.43. The summed E-state index contributed by atoms with van der Waals surface area (Å²) in [6.45, 7) is 8.89. The number of aryl methyl sites for hydroxylation is 1. The van der Waals surface area contributed by atoms with Crippen molar-refractivity contribution in [2.75, 3.05) is 11.9 Å². The topological polar surface area (TPSA) is 38.3 Å². The molecule has 0 atom stereocenters. The molecule has 2 rings (SSSR count). The lowest BCUT2D eigenvalue weighted by atomic mass is 9.87.